The summed E-state index contributed by atoms with van der Waals surface area (Å²) in [5, 5.41) is 8.00. The Morgan fingerprint density at radius 3 is 2.71 bits per heavy atom. The maximum atomic E-state index is 13.8. The van der Waals surface area contributed by atoms with E-state index in [0.717, 1.165) is 25.7 Å². The lowest BCUT2D eigenvalue weighted by Crippen LogP contribution is -2.43. The fourth-order valence-corrected chi connectivity index (χ4v) is 4.66. The van der Waals surface area contributed by atoms with Crippen LogP contribution in [0, 0.1) is 11.7 Å². The Morgan fingerprint density at radius 1 is 1.14 bits per heavy atom. The van der Waals surface area contributed by atoms with Crippen molar-refractivity contribution in [2.24, 2.45) is 5.92 Å². The van der Waals surface area contributed by atoms with Crippen LogP contribution >= 0.6 is 0 Å². The largest absolute Gasteiger partial charge is 0.356 e. The molecule has 35 heavy (non-hydrogen) atoms. The number of benzene rings is 2. The molecule has 1 N–H and O–H groups in total. The van der Waals surface area contributed by atoms with E-state index in [1.165, 1.54) is 24.0 Å². The monoisotopic (exact) mass is 473 g/mol. The van der Waals surface area contributed by atoms with Crippen LogP contribution in [0.15, 0.2) is 65.4 Å². The second-order valence-electron chi connectivity index (χ2n) is 9.11. The number of halogens is 1. The Morgan fingerprint density at radius 2 is 1.94 bits per heavy atom. The predicted molar refractivity (Wildman–Crippen MR) is 132 cm³/mol. The fourth-order valence-electron chi connectivity index (χ4n) is 4.66. The van der Waals surface area contributed by atoms with E-state index in [1.807, 2.05) is 18.2 Å². The van der Waals surface area contributed by atoms with Gasteiger partial charge in [-0.3, -0.25) is 4.79 Å². The molecule has 0 spiro atoms. The van der Waals surface area contributed by atoms with E-state index < -0.39 is 0 Å². The molecule has 1 aliphatic heterocycles. The standard InChI is InChI=1S/C27H28FN5O2/c1-18(10-11-19-6-3-2-4-7-19)31-26(34)20-12-14-33(15-13-20)25-23-24(21-8-5-9-22(28)16-21)32-35-27(23)30-17-29-25/h2-9,16-18,20H,10-15H2,1H3,(H,31,34). The summed E-state index contributed by atoms with van der Waals surface area (Å²) in [5.41, 5.74) is 2.77. The lowest BCUT2D eigenvalue weighted by molar-refractivity contribution is -0.126. The van der Waals surface area contributed by atoms with Gasteiger partial charge in [0.15, 0.2) is 0 Å². The predicted octanol–water partition coefficient (Wildman–Crippen LogP) is 4.78. The molecule has 5 rings (SSSR count). The molecule has 1 unspecified atom stereocenters. The fraction of sp³-hybridized carbons (Fsp3) is 0.333. The highest BCUT2D eigenvalue weighted by atomic mass is 19.1. The summed E-state index contributed by atoms with van der Waals surface area (Å²) in [6, 6.07) is 16.7. The van der Waals surface area contributed by atoms with Crippen LogP contribution in [0.25, 0.3) is 22.4 Å². The molecule has 8 heteroatoms. The zero-order valence-corrected chi connectivity index (χ0v) is 19.7. The summed E-state index contributed by atoms with van der Waals surface area (Å²) in [4.78, 5) is 23.7. The maximum Gasteiger partial charge on any atom is 0.263 e. The SMILES string of the molecule is CC(CCc1ccccc1)NC(=O)C1CCN(c2ncnc3onc(-c4cccc(F)c4)c23)CC1. The molecule has 2 aromatic heterocycles. The van der Waals surface area contributed by atoms with Crippen molar-refractivity contribution < 1.29 is 13.7 Å². The molecule has 1 amide bonds. The lowest BCUT2D eigenvalue weighted by atomic mass is 9.95. The van der Waals surface area contributed by atoms with E-state index >= 15 is 0 Å². The van der Waals surface area contributed by atoms with E-state index in [2.05, 4.69) is 44.4 Å². The summed E-state index contributed by atoms with van der Waals surface area (Å²) >= 11 is 0. The normalized spacial score (nSPS) is 15.3. The molecular formula is C27H28FN5O2. The average Bonchev–Trinajstić information content (AvgIpc) is 3.33. The quantitative estimate of drug-likeness (QED) is 0.416. The zero-order chi connectivity index (χ0) is 24.2. The molecule has 7 nitrogen and oxygen atoms in total. The number of hydrogen-bond acceptors (Lipinski definition) is 6. The molecule has 0 bridgehead atoms. The van der Waals surface area contributed by atoms with Gasteiger partial charge < -0.3 is 14.7 Å². The van der Waals surface area contributed by atoms with Gasteiger partial charge in [-0.15, -0.1) is 0 Å². The first kappa shape index (κ1) is 23.0. The molecule has 1 fully saturated rings. The van der Waals surface area contributed by atoms with Crippen molar-refractivity contribution >= 4 is 22.8 Å². The van der Waals surface area contributed by atoms with Gasteiger partial charge in [-0.25, -0.2) is 9.37 Å². The van der Waals surface area contributed by atoms with Crippen molar-refractivity contribution in [2.75, 3.05) is 18.0 Å². The van der Waals surface area contributed by atoms with Crippen LogP contribution < -0.4 is 10.2 Å². The Balaban J connectivity index is 1.23. The number of piperidine rings is 1. The number of carbonyl (C=O) groups is 1. The molecule has 3 heterocycles. The van der Waals surface area contributed by atoms with Crippen molar-refractivity contribution in [2.45, 2.75) is 38.6 Å². The molecule has 1 aliphatic rings. The number of nitrogens with zero attached hydrogens (tertiary/aromatic N) is 4. The average molecular weight is 474 g/mol. The molecule has 1 saturated heterocycles. The molecule has 1 atom stereocenters. The third-order valence-corrected chi connectivity index (χ3v) is 6.61. The number of aryl methyl sites for hydroxylation is 1. The van der Waals surface area contributed by atoms with Crippen molar-refractivity contribution in [3.8, 4) is 11.3 Å². The van der Waals surface area contributed by atoms with E-state index in [4.69, 9.17) is 4.52 Å². The Labute approximate surface area is 203 Å². The smallest absolute Gasteiger partial charge is 0.263 e. The lowest BCUT2D eigenvalue weighted by Gasteiger charge is -2.32. The number of aromatic nitrogens is 3. The van der Waals surface area contributed by atoms with E-state index in [9.17, 15) is 9.18 Å². The van der Waals surface area contributed by atoms with Crippen molar-refractivity contribution in [1.29, 1.82) is 0 Å². The van der Waals surface area contributed by atoms with Crippen molar-refractivity contribution in [1.82, 2.24) is 20.4 Å². The van der Waals surface area contributed by atoms with Crippen LogP contribution in [-0.2, 0) is 11.2 Å². The van der Waals surface area contributed by atoms with Gasteiger partial charge in [0.1, 0.15) is 29.0 Å². The van der Waals surface area contributed by atoms with Gasteiger partial charge in [0.2, 0.25) is 5.91 Å². The third kappa shape index (κ3) is 5.16. The zero-order valence-electron chi connectivity index (χ0n) is 19.7. The number of carbonyl (C=O) groups excluding carboxylic acids is 1. The molecule has 2 aromatic carbocycles. The first-order chi connectivity index (χ1) is 17.1. The Kier molecular flexibility index (Phi) is 6.70. The molecule has 4 aromatic rings. The number of amides is 1. The van der Waals surface area contributed by atoms with Crippen LogP contribution in [0.1, 0.15) is 31.7 Å². The highest BCUT2D eigenvalue weighted by Gasteiger charge is 2.29. The first-order valence-electron chi connectivity index (χ1n) is 12.0. The summed E-state index contributed by atoms with van der Waals surface area (Å²) in [6.07, 6.45) is 4.75. The van der Waals surface area contributed by atoms with Crippen LogP contribution in [0.2, 0.25) is 0 Å². The van der Waals surface area contributed by atoms with Gasteiger partial charge in [0.05, 0.1) is 0 Å². The minimum Gasteiger partial charge on any atom is -0.356 e. The van der Waals surface area contributed by atoms with Gasteiger partial charge in [-0.1, -0.05) is 47.6 Å². The summed E-state index contributed by atoms with van der Waals surface area (Å²) in [7, 11) is 0. The third-order valence-electron chi connectivity index (χ3n) is 6.61. The van der Waals surface area contributed by atoms with Crippen LogP contribution in [0.3, 0.4) is 0 Å². The highest BCUT2D eigenvalue weighted by molar-refractivity contribution is 5.98. The van der Waals surface area contributed by atoms with Gasteiger partial charge >= 0.3 is 0 Å². The van der Waals surface area contributed by atoms with Gasteiger partial charge in [0, 0.05) is 30.6 Å². The molecular weight excluding hydrogens is 445 g/mol. The number of rotatable bonds is 7. The van der Waals surface area contributed by atoms with Crippen molar-refractivity contribution in [3.05, 3.63) is 72.3 Å². The summed E-state index contributed by atoms with van der Waals surface area (Å²) in [6.45, 7) is 3.42. The van der Waals surface area contributed by atoms with E-state index in [1.54, 1.807) is 12.1 Å². The Bertz CT molecular complexity index is 1300. The van der Waals surface area contributed by atoms with Gasteiger partial charge in [-0.2, -0.15) is 4.98 Å². The number of hydrogen-bond donors (Lipinski definition) is 1. The van der Waals surface area contributed by atoms with Gasteiger partial charge in [0.25, 0.3) is 5.71 Å². The second-order valence-corrected chi connectivity index (χ2v) is 9.11. The second kappa shape index (κ2) is 10.2. The molecule has 0 saturated carbocycles. The van der Waals surface area contributed by atoms with Crippen LogP contribution in [0.5, 0.6) is 0 Å². The van der Waals surface area contributed by atoms with Crippen molar-refractivity contribution in [3.63, 3.8) is 0 Å². The maximum absolute atomic E-state index is 13.8. The minimum absolute atomic E-state index is 0.0343. The number of anilines is 1. The molecule has 0 aliphatic carbocycles. The first-order valence-corrected chi connectivity index (χ1v) is 12.0. The van der Waals surface area contributed by atoms with E-state index in [0.29, 0.717) is 41.3 Å². The number of nitrogens with one attached hydrogen (secondary N) is 1. The van der Waals surface area contributed by atoms with Gasteiger partial charge in [-0.05, 0) is 50.3 Å². The highest BCUT2D eigenvalue weighted by Crippen LogP contribution is 2.34. The Hall–Kier alpha value is -3.81. The summed E-state index contributed by atoms with van der Waals surface area (Å²) in [5.74, 6) is 0.434. The molecule has 0 radical (unpaired) electrons. The van der Waals surface area contributed by atoms with E-state index in [-0.39, 0.29) is 23.7 Å². The molecule has 180 valence electrons. The van der Waals surface area contributed by atoms with Crippen LogP contribution in [-0.4, -0.2) is 40.2 Å². The topological polar surface area (TPSA) is 84.2 Å². The summed E-state index contributed by atoms with van der Waals surface area (Å²) < 4.78 is 19.2. The van der Waals surface area contributed by atoms with Crippen LogP contribution in [0.4, 0.5) is 10.2 Å². The number of fused-ring (bicyclic) bond motifs is 1. The minimum atomic E-state index is -0.345.